The zero-order chi connectivity index (χ0) is 32.6. The highest BCUT2D eigenvalue weighted by Crippen LogP contribution is 2.27. The lowest BCUT2D eigenvalue weighted by Crippen LogP contribution is -2.56. The highest BCUT2D eigenvalue weighted by atomic mass is 35.5. The highest BCUT2D eigenvalue weighted by Gasteiger charge is 2.35. The molecule has 1 N–H and O–H groups in total. The molecule has 1 unspecified atom stereocenters. The summed E-state index contributed by atoms with van der Waals surface area (Å²) in [4.78, 5) is 29.8. The molecule has 0 spiro atoms. The molecule has 236 valence electrons. The van der Waals surface area contributed by atoms with E-state index >= 15 is 0 Å². The van der Waals surface area contributed by atoms with Gasteiger partial charge in [0.25, 0.3) is 10.0 Å². The van der Waals surface area contributed by atoms with Crippen LogP contribution in [0.25, 0.3) is 0 Å². The van der Waals surface area contributed by atoms with Crippen LogP contribution in [0.15, 0.2) is 114 Å². The van der Waals surface area contributed by atoms with Crippen molar-refractivity contribution in [2.75, 3.05) is 18.0 Å². The van der Waals surface area contributed by atoms with Gasteiger partial charge in [-0.25, -0.2) is 8.42 Å². The van der Waals surface area contributed by atoms with Gasteiger partial charge in [-0.2, -0.15) is 0 Å². The van der Waals surface area contributed by atoms with E-state index in [-0.39, 0.29) is 29.5 Å². The predicted molar refractivity (Wildman–Crippen MR) is 178 cm³/mol. The Bertz CT molecular complexity index is 1680. The van der Waals surface area contributed by atoms with E-state index in [0.29, 0.717) is 10.8 Å². The molecule has 4 rings (SSSR count). The number of benzene rings is 4. The van der Waals surface area contributed by atoms with E-state index in [2.05, 4.69) is 5.32 Å². The third kappa shape index (κ3) is 9.09. The Hall–Kier alpha value is -4.34. The summed E-state index contributed by atoms with van der Waals surface area (Å²) in [6.07, 6.45) is 0.230. The molecule has 4 aromatic rings. The predicted octanol–water partition coefficient (Wildman–Crippen LogP) is 6.10. The van der Waals surface area contributed by atoms with Crippen LogP contribution < -0.4 is 14.4 Å². The number of nitrogens with one attached hydrogen (secondary N) is 1. The minimum Gasteiger partial charge on any atom is -0.497 e. The van der Waals surface area contributed by atoms with Gasteiger partial charge in [0.15, 0.2) is 0 Å². The first kappa shape index (κ1) is 33.6. The van der Waals surface area contributed by atoms with Gasteiger partial charge in [-0.1, -0.05) is 72.3 Å². The molecule has 1 atom stereocenters. The summed E-state index contributed by atoms with van der Waals surface area (Å²) in [5.41, 5.74) is 1.34. The van der Waals surface area contributed by atoms with Crippen molar-refractivity contribution < 1.29 is 22.7 Å². The first-order valence-electron chi connectivity index (χ1n) is 14.5. The number of hydrogen-bond acceptors (Lipinski definition) is 5. The molecule has 0 heterocycles. The van der Waals surface area contributed by atoms with Crippen LogP contribution in [-0.4, -0.2) is 50.4 Å². The Kier molecular flexibility index (Phi) is 10.9. The number of rotatable bonds is 12. The van der Waals surface area contributed by atoms with E-state index in [0.717, 1.165) is 15.4 Å². The van der Waals surface area contributed by atoms with Crippen molar-refractivity contribution in [3.63, 3.8) is 0 Å². The first-order valence-corrected chi connectivity index (χ1v) is 16.3. The molecule has 0 aliphatic carbocycles. The third-order valence-corrected chi connectivity index (χ3v) is 9.05. The largest absolute Gasteiger partial charge is 0.497 e. The molecule has 0 fully saturated rings. The zero-order valence-electron chi connectivity index (χ0n) is 25.8. The lowest BCUT2D eigenvalue weighted by atomic mass is 10.0. The van der Waals surface area contributed by atoms with Crippen LogP contribution in [-0.2, 0) is 32.6 Å². The number of sulfonamides is 1. The van der Waals surface area contributed by atoms with E-state index in [4.69, 9.17) is 16.3 Å². The average Bonchev–Trinajstić information content (AvgIpc) is 3.02. The molecule has 10 heteroatoms. The molecule has 0 bridgehead atoms. The summed E-state index contributed by atoms with van der Waals surface area (Å²) in [5.74, 6) is -0.395. The second kappa shape index (κ2) is 14.6. The fourth-order valence-corrected chi connectivity index (χ4v) is 6.34. The summed E-state index contributed by atoms with van der Waals surface area (Å²) < 4.78 is 34.5. The van der Waals surface area contributed by atoms with Crippen molar-refractivity contribution in [2.24, 2.45) is 0 Å². The maximum Gasteiger partial charge on any atom is 0.264 e. The quantitative estimate of drug-likeness (QED) is 0.201. The van der Waals surface area contributed by atoms with Crippen LogP contribution in [0.3, 0.4) is 0 Å². The van der Waals surface area contributed by atoms with E-state index in [9.17, 15) is 18.0 Å². The van der Waals surface area contributed by atoms with Gasteiger partial charge in [0.1, 0.15) is 18.3 Å². The number of methoxy groups -OCH3 is 1. The lowest BCUT2D eigenvalue weighted by molar-refractivity contribution is -0.140. The molecular weight excluding hydrogens is 610 g/mol. The third-order valence-electron chi connectivity index (χ3n) is 7.01. The molecule has 4 aromatic carbocycles. The summed E-state index contributed by atoms with van der Waals surface area (Å²) in [5, 5.41) is 3.44. The van der Waals surface area contributed by atoms with Crippen molar-refractivity contribution >= 4 is 39.1 Å². The Morgan fingerprint density at radius 2 is 1.38 bits per heavy atom. The van der Waals surface area contributed by atoms with Crippen molar-refractivity contribution in [1.29, 1.82) is 0 Å². The Balaban J connectivity index is 1.80. The van der Waals surface area contributed by atoms with Gasteiger partial charge in [-0.05, 0) is 80.4 Å². The number of carbonyl (C=O) groups excluding carboxylic acids is 2. The van der Waals surface area contributed by atoms with Crippen LogP contribution >= 0.6 is 11.6 Å². The zero-order valence-corrected chi connectivity index (χ0v) is 27.4. The maximum atomic E-state index is 14.5. The van der Waals surface area contributed by atoms with Crippen molar-refractivity contribution in [2.45, 2.75) is 50.2 Å². The normalized spacial score (nSPS) is 12.2. The van der Waals surface area contributed by atoms with Crippen molar-refractivity contribution in [1.82, 2.24) is 10.2 Å². The molecule has 0 radical (unpaired) electrons. The monoisotopic (exact) mass is 647 g/mol. The molecule has 45 heavy (non-hydrogen) atoms. The number of carbonyl (C=O) groups is 2. The SMILES string of the molecule is COc1ccc(S(=O)(=O)N(CC(=O)N(Cc2ccccc2)C(Cc2ccccc2)C(=O)NC(C)(C)C)c2ccc(Cl)cc2)cc1. The van der Waals surface area contributed by atoms with Crippen LogP contribution in [0.2, 0.25) is 5.02 Å². The number of ether oxygens (including phenoxy) is 1. The fraction of sp³-hybridized carbons (Fsp3) is 0.257. The van der Waals surface area contributed by atoms with Gasteiger partial charge < -0.3 is 15.0 Å². The minimum atomic E-state index is -4.24. The van der Waals surface area contributed by atoms with Crippen LogP contribution in [0.4, 0.5) is 5.69 Å². The summed E-state index contributed by atoms with van der Waals surface area (Å²) in [6, 6.07) is 30.0. The van der Waals surface area contributed by atoms with Crippen molar-refractivity contribution in [3.8, 4) is 5.75 Å². The summed E-state index contributed by atoms with van der Waals surface area (Å²) >= 11 is 6.13. The smallest absolute Gasteiger partial charge is 0.264 e. The Morgan fingerprint density at radius 3 is 1.91 bits per heavy atom. The molecule has 0 saturated heterocycles. The molecule has 2 amide bonds. The number of halogens is 1. The van der Waals surface area contributed by atoms with E-state index in [1.165, 1.54) is 24.1 Å². The van der Waals surface area contributed by atoms with Crippen LogP contribution in [0, 0.1) is 0 Å². The highest BCUT2D eigenvalue weighted by molar-refractivity contribution is 7.92. The molecule has 8 nitrogen and oxygen atoms in total. The lowest BCUT2D eigenvalue weighted by Gasteiger charge is -2.35. The number of anilines is 1. The Labute approximate surface area is 270 Å². The van der Waals surface area contributed by atoms with Gasteiger partial charge in [0, 0.05) is 23.5 Å². The average molecular weight is 648 g/mol. The summed E-state index contributed by atoms with van der Waals surface area (Å²) in [7, 11) is -2.75. The second-order valence-electron chi connectivity index (χ2n) is 11.6. The fourth-order valence-electron chi connectivity index (χ4n) is 4.80. The second-order valence-corrected chi connectivity index (χ2v) is 13.9. The van der Waals surface area contributed by atoms with E-state index in [1.54, 1.807) is 36.4 Å². The van der Waals surface area contributed by atoms with E-state index < -0.39 is 34.1 Å². The standard InChI is InChI=1S/C35H38ClN3O5S/c1-35(2,3)37-34(41)32(23-26-11-7-5-8-12-26)38(24-27-13-9-6-10-14-27)33(40)25-39(29-17-15-28(36)16-18-29)45(42,43)31-21-19-30(44-4)20-22-31/h5-22,32H,23-25H2,1-4H3,(H,37,41). The molecule has 0 saturated carbocycles. The number of nitrogens with zero attached hydrogens (tertiary/aromatic N) is 2. The molecule has 0 aliphatic rings. The van der Waals surface area contributed by atoms with Gasteiger partial charge in [-0.3, -0.25) is 13.9 Å². The van der Waals surface area contributed by atoms with E-state index in [1.807, 2.05) is 81.4 Å². The maximum absolute atomic E-state index is 14.5. The number of hydrogen-bond donors (Lipinski definition) is 1. The minimum absolute atomic E-state index is 0.0213. The number of amides is 2. The van der Waals surface area contributed by atoms with Crippen LogP contribution in [0.1, 0.15) is 31.9 Å². The molecular formula is C35H38ClN3O5S. The summed E-state index contributed by atoms with van der Waals surface area (Å²) in [6.45, 7) is 5.15. The van der Waals surface area contributed by atoms with Gasteiger partial charge >= 0.3 is 0 Å². The van der Waals surface area contributed by atoms with Crippen LogP contribution in [0.5, 0.6) is 5.75 Å². The van der Waals surface area contributed by atoms with Gasteiger partial charge in [0.05, 0.1) is 17.7 Å². The molecule has 0 aromatic heterocycles. The van der Waals surface area contributed by atoms with Gasteiger partial charge in [0.2, 0.25) is 11.8 Å². The Morgan fingerprint density at radius 1 is 0.822 bits per heavy atom. The van der Waals surface area contributed by atoms with Crippen molar-refractivity contribution in [3.05, 3.63) is 125 Å². The van der Waals surface area contributed by atoms with Gasteiger partial charge in [-0.15, -0.1) is 0 Å². The molecule has 0 aliphatic heterocycles. The topological polar surface area (TPSA) is 96.0 Å². The first-order chi connectivity index (χ1) is 21.4.